The summed E-state index contributed by atoms with van der Waals surface area (Å²) in [6.07, 6.45) is 8.86. The molecule has 4 aromatic rings. The maximum absolute atomic E-state index is 13.5. The normalized spacial score (nSPS) is 22.2. The highest BCUT2D eigenvalue weighted by Gasteiger charge is 2.37. The fraction of sp³-hybridized carbons (Fsp3) is 0.387. The summed E-state index contributed by atoms with van der Waals surface area (Å²) in [6, 6.07) is 21.3. The first-order valence-corrected chi connectivity index (χ1v) is 13.9. The topological polar surface area (TPSA) is 83.1 Å². The molecule has 7 nitrogen and oxygen atoms in total. The summed E-state index contributed by atoms with van der Waals surface area (Å²) in [4.78, 5) is 20.6. The van der Waals surface area contributed by atoms with Crippen LogP contribution >= 0.6 is 0 Å². The lowest BCUT2D eigenvalue weighted by molar-refractivity contribution is 0.0906. The molecule has 1 aliphatic carbocycles. The zero-order valence-electron chi connectivity index (χ0n) is 21.5. The third-order valence-corrected chi connectivity index (χ3v) is 8.67. The highest BCUT2D eigenvalue weighted by atomic mass is 16.5. The molecule has 2 N–H and O–H groups in total. The first-order chi connectivity index (χ1) is 18.7. The van der Waals surface area contributed by atoms with E-state index in [0.29, 0.717) is 23.6 Å². The molecule has 2 bridgehead atoms. The largest absolute Gasteiger partial charge is 0.377 e. The molecule has 194 valence electrons. The molecule has 3 aliphatic rings. The number of nitrogens with one attached hydrogen (secondary N) is 2. The van der Waals surface area contributed by atoms with Crippen molar-refractivity contribution in [2.24, 2.45) is 5.92 Å². The van der Waals surface area contributed by atoms with Gasteiger partial charge in [0.2, 0.25) is 0 Å². The maximum Gasteiger partial charge on any atom is 0.251 e. The number of fused-ring (bicyclic) bond motifs is 3. The molecule has 1 saturated carbocycles. The van der Waals surface area contributed by atoms with Gasteiger partial charge in [0.25, 0.3) is 5.91 Å². The molecule has 0 radical (unpaired) electrons. The monoisotopic (exact) mass is 507 g/mol. The molecule has 4 heterocycles. The fourth-order valence-electron chi connectivity index (χ4n) is 6.73. The lowest BCUT2D eigenvalue weighted by Gasteiger charge is -2.36. The highest BCUT2D eigenvalue weighted by Crippen LogP contribution is 2.37. The Labute approximate surface area is 222 Å². The zero-order valence-corrected chi connectivity index (χ0v) is 21.5. The van der Waals surface area contributed by atoms with Crippen LogP contribution in [0.2, 0.25) is 0 Å². The molecule has 7 rings (SSSR count). The number of nitrogens with zero attached hydrogens (tertiary/aromatic N) is 3. The Hall–Kier alpha value is -3.71. The number of benzene rings is 2. The number of carbonyl (C=O) groups excluding carboxylic acids is 1. The summed E-state index contributed by atoms with van der Waals surface area (Å²) in [7, 11) is 0. The van der Waals surface area contributed by atoms with Gasteiger partial charge in [-0.2, -0.15) is 5.10 Å². The van der Waals surface area contributed by atoms with Gasteiger partial charge in [-0.3, -0.25) is 14.9 Å². The maximum atomic E-state index is 13.5. The van der Waals surface area contributed by atoms with Crippen molar-refractivity contribution in [3.63, 3.8) is 0 Å². The van der Waals surface area contributed by atoms with Gasteiger partial charge >= 0.3 is 0 Å². The van der Waals surface area contributed by atoms with Crippen LogP contribution in [0.25, 0.3) is 22.2 Å². The highest BCUT2D eigenvalue weighted by molar-refractivity contribution is 6.01. The SMILES string of the molecule is O=C(N[C@H](c1ccccn1)C1CCCC1)c1ccc2[nH]nc(-c3ccc(N4[C@@H]5CC[C@H]4COC5)cc3)c2c1. The number of carbonyl (C=O) groups is 1. The van der Waals surface area contributed by atoms with Gasteiger partial charge in [-0.15, -0.1) is 0 Å². The van der Waals surface area contributed by atoms with Crippen LogP contribution in [0.4, 0.5) is 5.69 Å². The van der Waals surface area contributed by atoms with Gasteiger partial charge in [0.15, 0.2) is 0 Å². The molecule has 2 aromatic carbocycles. The summed E-state index contributed by atoms with van der Waals surface area (Å²) >= 11 is 0. The van der Waals surface area contributed by atoms with Crippen LogP contribution in [0.15, 0.2) is 66.9 Å². The fourth-order valence-corrected chi connectivity index (χ4v) is 6.73. The predicted octanol–water partition coefficient (Wildman–Crippen LogP) is 5.65. The number of H-pyrrole nitrogens is 1. The first kappa shape index (κ1) is 23.4. The number of aromatic nitrogens is 3. The van der Waals surface area contributed by atoms with E-state index < -0.39 is 0 Å². The quantitative estimate of drug-likeness (QED) is 0.352. The Bertz CT molecular complexity index is 1410. The average molecular weight is 508 g/mol. The van der Waals surface area contributed by atoms with Crippen molar-refractivity contribution in [2.45, 2.75) is 56.7 Å². The van der Waals surface area contributed by atoms with Gasteiger partial charge < -0.3 is 15.0 Å². The zero-order chi connectivity index (χ0) is 25.5. The van der Waals surface area contributed by atoms with Crippen molar-refractivity contribution in [3.8, 4) is 11.3 Å². The van der Waals surface area contributed by atoms with Crippen molar-refractivity contribution in [2.75, 3.05) is 18.1 Å². The molecule has 2 aromatic heterocycles. The van der Waals surface area contributed by atoms with Crippen LogP contribution in [-0.2, 0) is 4.74 Å². The number of rotatable bonds is 6. The molecule has 2 aliphatic heterocycles. The van der Waals surface area contributed by atoms with Crippen LogP contribution in [-0.4, -0.2) is 46.4 Å². The second-order valence-corrected chi connectivity index (χ2v) is 11.0. The molecule has 2 saturated heterocycles. The van der Waals surface area contributed by atoms with Crippen LogP contribution < -0.4 is 10.2 Å². The van der Waals surface area contributed by atoms with Gasteiger partial charge in [0.05, 0.1) is 48.2 Å². The molecule has 3 fully saturated rings. The van der Waals surface area contributed by atoms with E-state index in [-0.39, 0.29) is 11.9 Å². The summed E-state index contributed by atoms with van der Waals surface area (Å²) in [5, 5.41) is 12.0. The van der Waals surface area contributed by atoms with Crippen LogP contribution in [0.1, 0.15) is 60.6 Å². The first-order valence-electron chi connectivity index (χ1n) is 13.9. The Morgan fingerprint density at radius 2 is 1.76 bits per heavy atom. The number of hydrogen-bond acceptors (Lipinski definition) is 5. The molecule has 0 unspecified atom stereocenters. The molecule has 0 spiro atoms. The van der Waals surface area contributed by atoms with E-state index in [0.717, 1.165) is 53.9 Å². The number of morpholine rings is 1. The number of anilines is 1. The number of aromatic amines is 1. The van der Waals surface area contributed by atoms with Crippen LogP contribution in [0.3, 0.4) is 0 Å². The Kier molecular flexibility index (Phi) is 6.08. The van der Waals surface area contributed by atoms with Crippen molar-refractivity contribution < 1.29 is 9.53 Å². The van der Waals surface area contributed by atoms with Crippen LogP contribution in [0.5, 0.6) is 0 Å². The van der Waals surface area contributed by atoms with Crippen molar-refractivity contribution in [1.29, 1.82) is 0 Å². The Morgan fingerprint density at radius 1 is 0.974 bits per heavy atom. The third-order valence-electron chi connectivity index (χ3n) is 8.67. The van der Waals surface area contributed by atoms with Gasteiger partial charge in [-0.1, -0.05) is 31.0 Å². The summed E-state index contributed by atoms with van der Waals surface area (Å²) in [5.74, 6) is 0.349. The number of amides is 1. The summed E-state index contributed by atoms with van der Waals surface area (Å²) in [5.41, 5.74) is 5.65. The molecule has 7 heteroatoms. The minimum atomic E-state index is -0.0752. The Balaban J connectivity index is 1.15. The molecular weight excluding hydrogens is 474 g/mol. The lowest BCUT2D eigenvalue weighted by atomic mass is 9.94. The van der Waals surface area contributed by atoms with E-state index in [9.17, 15) is 4.79 Å². The van der Waals surface area contributed by atoms with E-state index in [4.69, 9.17) is 4.74 Å². The summed E-state index contributed by atoms with van der Waals surface area (Å²) < 4.78 is 5.76. The second kappa shape index (κ2) is 9.87. The third kappa shape index (κ3) is 4.25. The number of ether oxygens (including phenoxy) is 1. The van der Waals surface area contributed by atoms with E-state index >= 15 is 0 Å². The van der Waals surface area contributed by atoms with Gasteiger partial charge in [0, 0.05) is 28.4 Å². The van der Waals surface area contributed by atoms with E-state index in [1.165, 1.54) is 31.4 Å². The average Bonchev–Trinajstić information content (AvgIpc) is 3.70. The predicted molar refractivity (Wildman–Crippen MR) is 148 cm³/mol. The molecular formula is C31H33N5O2. The lowest BCUT2D eigenvalue weighted by Crippen LogP contribution is -2.45. The van der Waals surface area contributed by atoms with E-state index in [1.54, 1.807) is 0 Å². The Morgan fingerprint density at radius 3 is 2.50 bits per heavy atom. The number of pyridine rings is 1. The van der Waals surface area contributed by atoms with Gasteiger partial charge in [-0.05, 0) is 74.1 Å². The van der Waals surface area contributed by atoms with Crippen molar-refractivity contribution >= 4 is 22.5 Å². The number of hydrogen-bond donors (Lipinski definition) is 2. The van der Waals surface area contributed by atoms with Gasteiger partial charge in [-0.25, -0.2) is 0 Å². The molecule has 1 amide bonds. The molecule has 3 atom stereocenters. The minimum Gasteiger partial charge on any atom is -0.377 e. The second-order valence-electron chi connectivity index (χ2n) is 11.0. The van der Waals surface area contributed by atoms with Gasteiger partial charge in [0.1, 0.15) is 0 Å². The van der Waals surface area contributed by atoms with Crippen LogP contribution in [0, 0.1) is 5.92 Å². The van der Waals surface area contributed by atoms with E-state index in [2.05, 4.69) is 49.7 Å². The smallest absolute Gasteiger partial charge is 0.251 e. The summed E-state index contributed by atoms with van der Waals surface area (Å²) in [6.45, 7) is 1.63. The minimum absolute atomic E-state index is 0.0697. The molecule has 38 heavy (non-hydrogen) atoms. The van der Waals surface area contributed by atoms with Crippen molar-refractivity contribution in [1.82, 2.24) is 20.5 Å². The standard InChI is InChI=1S/C31H33N5O2/c37-31(33-30(20-5-1-2-6-20)28-7-3-4-16-32-28)22-10-15-27-26(17-22)29(35-34-27)21-8-11-23(12-9-21)36-24-13-14-25(36)19-38-18-24/h3-4,7-12,15-17,20,24-25,30H,1-2,5-6,13-14,18-19H2,(H,33,37)(H,34,35)/t24-,25+,30-/m0/s1. The van der Waals surface area contributed by atoms with E-state index in [1.807, 2.05) is 42.6 Å². The van der Waals surface area contributed by atoms with Crippen molar-refractivity contribution in [3.05, 3.63) is 78.1 Å².